The summed E-state index contributed by atoms with van der Waals surface area (Å²) < 4.78 is 8.92. The van der Waals surface area contributed by atoms with Gasteiger partial charge >= 0.3 is 0 Å². The minimum atomic E-state index is 0.614. The highest BCUT2D eigenvalue weighted by atomic mass is 16.3. The molecule has 0 atom stereocenters. The van der Waals surface area contributed by atoms with E-state index >= 15 is 0 Å². The highest BCUT2D eigenvalue weighted by Gasteiger charge is 2.24. The maximum atomic E-state index is 10.0. The molecule has 4 aromatic carbocycles. The van der Waals surface area contributed by atoms with E-state index in [1.165, 1.54) is 22.1 Å². The van der Waals surface area contributed by atoms with Crippen molar-refractivity contribution in [2.75, 3.05) is 0 Å². The van der Waals surface area contributed by atoms with Crippen LogP contribution in [0.4, 0.5) is 0 Å². The highest BCUT2D eigenvalue weighted by molar-refractivity contribution is 6.15. The molecule has 0 aliphatic rings. The van der Waals surface area contributed by atoms with Gasteiger partial charge in [-0.3, -0.25) is 0 Å². The van der Waals surface area contributed by atoms with Gasteiger partial charge in [0.15, 0.2) is 6.20 Å². The van der Waals surface area contributed by atoms with Crippen LogP contribution in [-0.2, 0) is 7.05 Å². The van der Waals surface area contributed by atoms with Crippen LogP contribution in [0.15, 0.2) is 83.4 Å². The minimum Gasteiger partial charge on any atom is -0.454 e. The Balaban J connectivity index is 1.74. The second-order valence-electron chi connectivity index (χ2n) is 9.43. The average Bonchev–Trinajstić information content (AvgIpc) is 3.24. The van der Waals surface area contributed by atoms with Gasteiger partial charge in [-0.1, -0.05) is 42.5 Å². The summed E-state index contributed by atoms with van der Waals surface area (Å²) in [6.45, 7) is 6.37. The minimum absolute atomic E-state index is 0.614. The largest absolute Gasteiger partial charge is 0.454 e. The molecule has 35 heavy (non-hydrogen) atoms. The van der Waals surface area contributed by atoms with E-state index in [0.29, 0.717) is 5.56 Å². The van der Waals surface area contributed by atoms with Gasteiger partial charge in [0.2, 0.25) is 5.69 Å². The Kier molecular flexibility index (Phi) is 4.72. The van der Waals surface area contributed by atoms with Gasteiger partial charge in [0.1, 0.15) is 18.2 Å². The number of aryl methyl sites for hydroxylation is 4. The van der Waals surface area contributed by atoms with Crippen molar-refractivity contribution in [1.82, 2.24) is 0 Å². The molecule has 2 heterocycles. The summed E-state index contributed by atoms with van der Waals surface area (Å²) in [6, 6.07) is 27.5. The number of pyridine rings is 1. The molecule has 6 rings (SSSR count). The monoisotopic (exact) mass is 453 g/mol. The van der Waals surface area contributed by atoms with Gasteiger partial charge in [-0.2, -0.15) is 5.26 Å². The zero-order valence-corrected chi connectivity index (χ0v) is 20.3. The summed E-state index contributed by atoms with van der Waals surface area (Å²) in [4.78, 5) is 0. The van der Waals surface area contributed by atoms with Crippen molar-refractivity contribution < 1.29 is 8.98 Å². The van der Waals surface area contributed by atoms with Gasteiger partial charge in [0.25, 0.3) is 0 Å². The van der Waals surface area contributed by atoms with Gasteiger partial charge in [0.05, 0.1) is 17.2 Å². The molecule has 0 spiro atoms. The van der Waals surface area contributed by atoms with E-state index in [0.717, 1.165) is 49.7 Å². The number of benzene rings is 4. The fraction of sp³-hybridized carbons (Fsp3) is 0.125. The molecule has 168 valence electrons. The lowest BCUT2D eigenvalue weighted by molar-refractivity contribution is -0.660. The Bertz CT molecular complexity index is 1850. The molecule has 0 radical (unpaired) electrons. The first-order chi connectivity index (χ1) is 17.0. The van der Waals surface area contributed by atoms with Crippen LogP contribution in [0.1, 0.15) is 22.3 Å². The molecular weight excluding hydrogens is 428 g/mol. The Labute approximate surface area is 204 Å². The number of furan rings is 1. The third kappa shape index (κ3) is 3.22. The molecule has 0 amide bonds. The van der Waals surface area contributed by atoms with E-state index in [1.54, 1.807) is 0 Å². The topological polar surface area (TPSA) is 40.8 Å². The molecule has 0 N–H and O–H groups in total. The fourth-order valence-electron chi connectivity index (χ4n) is 5.43. The van der Waals surface area contributed by atoms with Crippen molar-refractivity contribution in [3.63, 3.8) is 0 Å². The van der Waals surface area contributed by atoms with Gasteiger partial charge < -0.3 is 4.42 Å². The summed E-state index contributed by atoms with van der Waals surface area (Å²) in [5.41, 5.74) is 9.82. The number of aromatic nitrogens is 1. The smallest absolute Gasteiger partial charge is 0.216 e. The maximum absolute atomic E-state index is 10.0. The summed E-state index contributed by atoms with van der Waals surface area (Å²) in [5.74, 6) is 0. The molecule has 2 aromatic heterocycles. The summed E-state index contributed by atoms with van der Waals surface area (Å²) in [6.07, 6.45) is 2.14. The van der Waals surface area contributed by atoms with Crippen LogP contribution in [0.25, 0.3) is 55.1 Å². The fourth-order valence-corrected chi connectivity index (χ4v) is 5.43. The van der Waals surface area contributed by atoms with Crippen LogP contribution < -0.4 is 4.57 Å². The molecule has 0 aliphatic heterocycles. The molecule has 0 bridgehead atoms. The number of nitriles is 1. The highest BCUT2D eigenvalue weighted by Crippen LogP contribution is 2.43. The number of hydrogen-bond acceptors (Lipinski definition) is 2. The SMILES string of the molecule is Cc1ccc(-c2c(C)cc(C)c3c2oc2c(-c4ccc5ccccc5c4)c(C#N)ccc23)[n+](C)c1. The normalized spacial score (nSPS) is 11.4. The maximum Gasteiger partial charge on any atom is 0.216 e. The molecule has 6 aromatic rings. The lowest BCUT2D eigenvalue weighted by atomic mass is 9.93. The Morgan fingerprint density at radius 2 is 1.57 bits per heavy atom. The van der Waals surface area contributed by atoms with Crippen molar-refractivity contribution in [3.8, 4) is 28.5 Å². The standard InChI is InChI=1S/C32H25N2O/c1-19-9-14-27(34(4)18-19)29-21(3)15-20(2)28-26-13-12-25(17-33)30(31(26)35-32(28)29)24-11-10-22-7-5-6-8-23(22)16-24/h5-16,18H,1-4H3/q+1. The molecule has 3 nitrogen and oxygen atoms in total. The quantitative estimate of drug-likeness (QED) is 0.252. The van der Waals surface area contributed by atoms with Crippen molar-refractivity contribution in [2.24, 2.45) is 7.05 Å². The van der Waals surface area contributed by atoms with Crippen molar-refractivity contribution >= 4 is 32.7 Å². The van der Waals surface area contributed by atoms with Gasteiger partial charge in [0, 0.05) is 28.0 Å². The second kappa shape index (κ2) is 7.82. The predicted molar refractivity (Wildman–Crippen MR) is 142 cm³/mol. The van der Waals surface area contributed by atoms with Gasteiger partial charge in [-0.05, 0) is 72.5 Å². The van der Waals surface area contributed by atoms with E-state index in [2.05, 4.69) is 93.2 Å². The van der Waals surface area contributed by atoms with E-state index in [1.807, 2.05) is 24.3 Å². The first-order valence-electron chi connectivity index (χ1n) is 11.8. The number of fused-ring (bicyclic) bond motifs is 4. The second-order valence-corrected chi connectivity index (χ2v) is 9.43. The first kappa shape index (κ1) is 21.1. The number of rotatable bonds is 2. The van der Waals surface area contributed by atoms with E-state index in [9.17, 15) is 5.26 Å². The molecule has 0 saturated heterocycles. The van der Waals surface area contributed by atoms with Crippen LogP contribution in [0.5, 0.6) is 0 Å². The Morgan fingerprint density at radius 1 is 0.771 bits per heavy atom. The van der Waals surface area contributed by atoms with Crippen LogP contribution in [0.2, 0.25) is 0 Å². The third-order valence-corrected chi connectivity index (χ3v) is 7.00. The van der Waals surface area contributed by atoms with Crippen LogP contribution in [0.3, 0.4) is 0 Å². The van der Waals surface area contributed by atoms with Gasteiger partial charge in [-0.25, -0.2) is 4.57 Å². The zero-order valence-electron chi connectivity index (χ0n) is 20.3. The van der Waals surface area contributed by atoms with E-state index in [4.69, 9.17) is 4.42 Å². The number of nitrogens with zero attached hydrogens (tertiary/aromatic N) is 2. The molecular formula is C32H25N2O+. The molecule has 0 fully saturated rings. The molecule has 0 unspecified atom stereocenters. The molecule has 0 saturated carbocycles. The lowest BCUT2D eigenvalue weighted by Gasteiger charge is -2.08. The molecule has 0 aliphatic carbocycles. The Hall–Kier alpha value is -4.42. The van der Waals surface area contributed by atoms with E-state index < -0.39 is 0 Å². The molecule has 3 heteroatoms. The van der Waals surface area contributed by atoms with Gasteiger partial charge in [-0.15, -0.1) is 0 Å². The summed E-state index contributed by atoms with van der Waals surface area (Å²) >= 11 is 0. The van der Waals surface area contributed by atoms with Crippen molar-refractivity contribution in [1.29, 1.82) is 5.26 Å². The average molecular weight is 454 g/mol. The van der Waals surface area contributed by atoms with Crippen LogP contribution in [-0.4, -0.2) is 0 Å². The van der Waals surface area contributed by atoms with Crippen molar-refractivity contribution in [2.45, 2.75) is 20.8 Å². The predicted octanol–water partition coefficient (Wildman–Crippen LogP) is 7.69. The zero-order chi connectivity index (χ0) is 24.3. The first-order valence-corrected chi connectivity index (χ1v) is 11.8. The lowest BCUT2D eigenvalue weighted by Crippen LogP contribution is -2.31. The third-order valence-electron chi connectivity index (χ3n) is 7.00. The van der Waals surface area contributed by atoms with E-state index in [-0.39, 0.29) is 0 Å². The van der Waals surface area contributed by atoms with Crippen LogP contribution >= 0.6 is 0 Å². The number of hydrogen-bond donors (Lipinski definition) is 0. The summed E-state index contributed by atoms with van der Waals surface area (Å²) in [7, 11) is 2.07. The summed E-state index contributed by atoms with van der Waals surface area (Å²) in [5, 5.41) is 14.5. The Morgan fingerprint density at radius 3 is 2.34 bits per heavy atom. The van der Waals surface area contributed by atoms with Crippen molar-refractivity contribution in [3.05, 3.63) is 101 Å². The van der Waals surface area contributed by atoms with Crippen LogP contribution in [0, 0.1) is 32.1 Å².